The summed E-state index contributed by atoms with van der Waals surface area (Å²) in [5.74, 6) is 0. The van der Waals surface area contributed by atoms with Crippen LogP contribution >= 0.6 is 0 Å². The summed E-state index contributed by atoms with van der Waals surface area (Å²) in [4.78, 5) is 4.07. The van der Waals surface area contributed by atoms with Gasteiger partial charge in [-0.15, -0.1) is 0 Å². The first-order valence-electron chi connectivity index (χ1n) is 7.24. The van der Waals surface area contributed by atoms with E-state index in [-0.39, 0.29) is 6.04 Å². The number of hydrogen-bond acceptors (Lipinski definition) is 2. The van der Waals surface area contributed by atoms with Crippen LogP contribution in [0.5, 0.6) is 0 Å². The van der Waals surface area contributed by atoms with Gasteiger partial charge in [0.1, 0.15) is 0 Å². The highest BCUT2D eigenvalue weighted by molar-refractivity contribution is 5.78. The number of hydrogen-bond donors (Lipinski definition) is 1. The van der Waals surface area contributed by atoms with Crippen LogP contribution in [0.15, 0.2) is 73.1 Å². The second-order valence-electron chi connectivity index (χ2n) is 5.34. The molecule has 3 aromatic rings. The molecule has 0 saturated carbocycles. The van der Waals surface area contributed by atoms with Gasteiger partial charge in [0.2, 0.25) is 0 Å². The molecule has 2 nitrogen and oxygen atoms in total. The molecule has 21 heavy (non-hydrogen) atoms. The van der Waals surface area contributed by atoms with Gasteiger partial charge in [-0.05, 0) is 39.9 Å². The molecule has 0 radical (unpaired) electrons. The third kappa shape index (κ3) is 2.14. The van der Waals surface area contributed by atoms with Crippen molar-refractivity contribution in [2.24, 2.45) is 0 Å². The summed E-state index contributed by atoms with van der Waals surface area (Å²) in [6.07, 6.45) is 3.68. The molecule has 0 saturated heterocycles. The molecular weight excluding hydrogens is 256 g/mol. The number of fused-ring (bicyclic) bond motifs is 3. The Labute approximate surface area is 124 Å². The molecule has 4 rings (SSSR count). The largest absolute Gasteiger partial charge is 0.302 e. The summed E-state index contributed by atoms with van der Waals surface area (Å²) in [5.41, 5.74) is 6.69. The molecule has 0 bridgehead atoms. The molecule has 1 N–H and O–H groups in total. The third-order valence-electron chi connectivity index (χ3n) is 4.09. The van der Waals surface area contributed by atoms with E-state index in [0.29, 0.717) is 0 Å². The van der Waals surface area contributed by atoms with Gasteiger partial charge in [-0.1, -0.05) is 48.5 Å². The molecule has 2 aromatic carbocycles. The van der Waals surface area contributed by atoms with Gasteiger partial charge < -0.3 is 5.32 Å². The highest BCUT2D eigenvalue weighted by Gasteiger charge is 2.27. The number of aromatic nitrogens is 1. The smallest absolute Gasteiger partial charge is 0.0591 e. The minimum Gasteiger partial charge on any atom is -0.302 e. The van der Waals surface area contributed by atoms with E-state index < -0.39 is 0 Å². The van der Waals surface area contributed by atoms with Gasteiger partial charge in [0.05, 0.1) is 6.04 Å². The Morgan fingerprint density at radius 3 is 1.95 bits per heavy atom. The van der Waals surface area contributed by atoms with E-state index in [0.717, 1.165) is 6.54 Å². The van der Waals surface area contributed by atoms with Crippen molar-refractivity contribution >= 4 is 0 Å². The topological polar surface area (TPSA) is 24.9 Å². The molecule has 0 aliphatic heterocycles. The van der Waals surface area contributed by atoms with Crippen LogP contribution in [-0.4, -0.2) is 4.98 Å². The van der Waals surface area contributed by atoms with Crippen molar-refractivity contribution in [2.75, 3.05) is 0 Å². The lowest BCUT2D eigenvalue weighted by atomic mass is 10.1. The lowest BCUT2D eigenvalue weighted by Gasteiger charge is -2.15. The quantitative estimate of drug-likeness (QED) is 0.781. The Morgan fingerprint density at radius 1 is 0.762 bits per heavy atom. The van der Waals surface area contributed by atoms with Crippen LogP contribution in [0, 0.1) is 0 Å². The summed E-state index contributed by atoms with van der Waals surface area (Å²) in [6, 6.07) is 21.7. The van der Waals surface area contributed by atoms with E-state index in [1.54, 1.807) is 0 Å². The molecule has 0 amide bonds. The number of nitrogens with zero attached hydrogens (tertiary/aromatic N) is 1. The first kappa shape index (κ1) is 12.3. The monoisotopic (exact) mass is 272 g/mol. The Kier molecular flexibility index (Phi) is 3.02. The molecule has 1 aromatic heterocycles. The van der Waals surface area contributed by atoms with Crippen LogP contribution in [0.2, 0.25) is 0 Å². The van der Waals surface area contributed by atoms with Crippen molar-refractivity contribution in [1.82, 2.24) is 10.3 Å². The molecule has 1 aliphatic rings. The first-order chi connectivity index (χ1) is 10.4. The van der Waals surface area contributed by atoms with Crippen LogP contribution in [-0.2, 0) is 6.54 Å². The first-order valence-corrected chi connectivity index (χ1v) is 7.24. The predicted molar refractivity (Wildman–Crippen MR) is 84.8 cm³/mol. The fourth-order valence-electron chi connectivity index (χ4n) is 3.10. The fraction of sp³-hybridized carbons (Fsp3) is 0.105. The van der Waals surface area contributed by atoms with Crippen LogP contribution in [0.1, 0.15) is 22.7 Å². The molecule has 0 spiro atoms. The number of pyridine rings is 1. The van der Waals surface area contributed by atoms with Crippen LogP contribution in [0.25, 0.3) is 11.1 Å². The summed E-state index contributed by atoms with van der Waals surface area (Å²) in [6.45, 7) is 0.843. The number of rotatable bonds is 3. The lowest BCUT2D eigenvalue weighted by Crippen LogP contribution is -2.20. The molecule has 0 unspecified atom stereocenters. The van der Waals surface area contributed by atoms with Crippen molar-refractivity contribution in [3.05, 3.63) is 89.7 Å². The van der Waals surface area contributed by atoms with Crippen molar-refractivity contribution in [3.63, 3.8) is 0 Å². The van der Waals surface area contributed by atoms with Crippen LogP contribution < -0.4 is 5.32 Å². The molecule has 1 aliphatic carbocycles. The Balaban J connectivity index is 1.69. The highest BCUT2D eigenvalue weighted by atomic mass is 14.9. The lowest BCUT2D eigenvalue weighted by molar-refractivity contribution is 0.615. The van der Waals surface area contributed by atoms with Gasteiger partial charge in [-0.2, -0.15) is 0 Å². The molecule has 0 atom stereocenters. The van der Waals surface area contributed by atoms with Gasteiger partial charge in [-0.3, -0.25) is 4.98 Å². The maximum absolute atomic E-state index is 4.07. The average Bonchev–Trinajstić information content (AvgIpc) is 2.88. The van der Waals surface area contributed by atoms with Crippen molar-refractivity contribution in [2.45, 2.75) is 12.6 Å². The SMILES string of the molecule is c1ccc2c(c1)-c1ccccc1C2NCc1ccncc1. The molecule has 102 valence electrons. The minimum absolute atomic E-state index is 0.269. The zero-order valence-electron chi connectivity index (χ0n) is 11.7. The summed E-state index contributed by atoms with van der Waals surface area (Å²) in [5, 5.41) is 3.68. The molecular formula is C19H16N2. The van der Waals surface area contributed by atoms with Crippen molar-refractivity contribution in [3.8, 4) is 11.1 Å². The van der Waals surface area contributed by atoms with Gasteiger partial charge in [0.15, 0.2) is 0 Å². The fourth-order valence-corrected chi connectivity index (χ4v) is 3.10. The van der Waals surface area contributed by atoms with Gasteiger partial charge in [0, 0.05) is 18.9 Å². The second kappa shape index (κ2) is 5.15. The zero-order chi connectivity index (χ0) is 14.1. The van der Waals surface area contributed by atoms with Crippen LogP contribution in [0.4, 0.5) is 0 Å². The minimum atomic E-state index is 0.269. The normalized spacial score (nSPS) is 13.0. The second-order valence-corrected chi connectivity index (χ2v) is 5.34. The predicted octanol–water partition coefficient (Wildman–Crippen LogP) is 3.94. The van der Waals surface area contributed by atoms with Gasteiger partial charge >= 0.3 is 0 Å². The number of benzene rings is 2. The van der Waals surface area contributed by atoms with Crippen molar-refractivity contribution < 1.29 is 0 Å². The standard InChI is InChI=1S/C19H16N2/c1-3-7-17-15(5-1)16-6-2-4-8-18(16)19(17)21-13-14-9-11-20-12-10-14/h1-12,19,21H,13H2. The van der Waals surface area contributed by atoms with E-state index >= 15 is 0 Å². The van der Waals surface area contributed by atoms with E-state index in [1.807, 2.05) is 12.4 Å². The van der Waals surface area contributed by atoms with E-state index in [4.69, 9.17) is 0 Å². The van der Waals surface area contributed by atoms with E-state index in [1.165, 1.54) is 27.8 Å². The Hall–Kier alpha value is -2.45. The maximum Gasteiger partial charge on any atom is 0.0591 e. The van der Waals surface area contributed by atoms with Gasteiger partial charge in [0.25, 0.3) is 0 Å². The summed E-state index contributed by atoms with van der Waals surface area (Å²) in [7, 11) is 0. The molecule has 2 heteroatoms. The zero-order valence-corrected chi connectivity index (χ0v) is 11.7. The molecule has 0 fully saturated rings. The number of nitrogens with one attached hydrogen (secondary N) is 1. The van der Waals surface area contributed by atoms with Gasteiger partial charge in [-0.25, -0.2) is 0 Å². The highest BCUT2D eigenvalue weighted by Crippen LogP contribution is 2.43. The van der Waals surface area contributed by atoms with Crippen LogP contribution in [0.3, 0.4) is 0 Å². The third-order valence-corrected chi connectivity index (χ3v) is 4.09. The van der Waals surface area contributed by atoms with Crippen molar-refractivity contribution in [1.29, 1.82) is 0 Å². The summed E-state index contributed by atoms with van der Waals surface area (Å²) >= 11 is 0. The Bertz CT molecular complexity index is 720. The average molecular weight is 272 g/mol. The maximum atomic E-state index is 4.07. The van der Waals surface area contributed by atoms with E-state index in [2.05, 4.69) is 71.0 Å². The molecule has 1 heterocycles. The summed E-state index contributed by atoms with van der Waals surface area (Å²) < 4.78 is 0. The van der Waals surface area contributed by atoms with E-state index in [9.17, 15) is 0 Å². The Morgan fingerprint density at radius 2 is 1.33 bits per heavy atom.